The molecule has 0 unspecified atom stereocenters. The maximum absolute atomic E-state index is 6.00. The Hall–Kier alpha value is -1.94. The van der Waals surface area contributed by atoms with E-state index in [2.05, 4.69) is 5.32 Å². The van der Waals surface area contributed by atoms with Crippen LogP contribution >= 0.6 is 23.2 Å². The van der Waals surface area contributed by atoms with Crippen LogP contribution in [-0.4, -0.2) is 0 Å². The summed E-state index contributed by atoms with van der Waals surface area (Å²) in [6.07, 6.45) is 1.68. The minimum absolute atomic E-state index is 0.451. The third-order valence-corrected chi connectivity index (χ3v) is 4.26. The van der Waals surface area contributed by atoms with Crippen LogP contribution in [0.5, 0.6) is 5.75 Å². The molecular formula is C19H17Cl2NO2. The number of hydrogen-bond acceptors (Lipinski definition) is 3. The number of ether oxygens (including phenoxy) is 1. The molecule has 0 amide bonds. The lowest BCUT2D eigenvalue weighted by molar-refractivity contribution is 0.306. The van der Waals surface area contributed by atoms with Crippen molar-refractivity contribution in [3.63, 3.8) is 0 Å². The van der Waals surface area contributed by atoms with Gasteiger partial charge in [-0.1, -0.05) is 41.4 Å². The minimum atomic E-state index is 0.451. The highest BCUT2D eigenvalue weighted by Gasteiger charge is 2.02. The van der Waals surface area contributed by atoms with E-state index in [4.69, 9.17) is 32.4 Å². The molecule has 0 atom stereocenters. The van der Waals surface area contributed by atoms with Gasteiger partial charge in [-0.15, -0.1) is 0 Å². The fraction of sp³-hybridized carbons (Fsp3) is 0.158. The van der Waals surface area contributed by atoms with E-state index in [0.29, 0.717) is 23.2 Å². The van der Waals surface area contributed by atoms with Crippen LogP contribution in [0.2, 0.25) is 10.0 Å². The topological polar surface area (TPSA) is 34.4 Å². The normalized spacial score (nSPS) is 10.8. The summed E-state index contributed by atoms with van der Waals surface area (Å²) in [5.74, 6) is 1.74. The maximum atomic E-state index is 6.00. The first kappa shape index (κ1) is 16.9. The molecule has 0 saturated heterocycles. The van der Waals surface area contributed by atoms with Gasteiger partial charge in [0.05, 0.1) is 22.9 Å². The van der Waals surface area contributed by atoms with Crippen molar-refractivity contribution >= 4 is 23.2 Å². The number of furan rings is 1. The molecule has 5 heteroatoms. The zero-order valence-electron chi connectivity index (χ0n) is 13.0. The number of benzene rings is 2. The van der Waals surface area contributed by atoms with Crippen molar-refractivity contribution in [1.29, 1.82) is 0 Å². The second kappa shape index (κ2) is 8.25. The van der Waals surface area contributed by atoms with Crippen molar-refractivity contribution in [2.45, 2.75) is 19.7 Å². The second-order valence-corrected chi connectivity index (χ2v) is 6.18. The van der Waals surface area contributed by atoms with Gasteiger partial charge in [0, 0.05) is 6.54 Å². The SMILES string of the molecule is Clc1ccc(COc2ccc(CNCc3ccco3)cc2)cc1Cl. The Morgan fingerprint density at radius 3 is 2.38 bits per heavy atom. The van der Waals surface area contributed by atoms with Crippen molar-refractivity contribution in [2.75, 3.05) is 0 Å². The Bertz CT molecular complexity index is 771. The number of halogens is 2. The molecule has 124 valence electrons. The van der Waals surface area contributed by atoms with E-state index in [1.54, 1.807) is 12.3 Å². The van der Waals surface area contributed by atoms with Gasteiger partial charge in [-0.25, -0.2) is 0 Å². The maximum Gasteiger partial charge on any atom is 0.119 e. The molecule has 1 N–H and O–H groups in total. The van der Waals surface area contributed by atoms with Crippen molar-refractivity contribution in [3.8, 4) is 5.75 Å². The Kier molecular flexibility index (Phi) is 5.81. The van der Waals surface area contributed by atoms with Crippen LogP contribution in [0.15, 0.2) is 65.3 Å². The van der Waals surface area contributed by atoms with Gasteiger partial charge in [0.25, 0.3) is 0 Å². The molecule has 24 heavy (non-hydrogen) atoms. The lowest BCUT2D eigenvalue weighted by atomic mass is 10.2. The first-order chi connectivity index (χ1) is 11.7. The average Bonchev–Trinajstić information content (AvgIpc) is 3.10. The summed E-state index contributed by atoms with van der Waals surface area (Å²) in [6.45, 7) is 1.93. The molecule has 0 aliphatic rings. The lowest BCUT2D eigenvalue weighted by Crippen LogP contribution is -2.11. The van der Waals surface area contributed by atoms with E-state index in [-0.39, 0.29) is 0 Å². The molecule has 0 radical (unpaired) electrons. The van der Waals surface area contributed by atoms with Crippen LogP contribution in [0.1, 0.15) is 16.9 Å². The van der Waals surface area contributed by atoms with E-state index < -0.39 is 0 Å². The van der Waals surface area contributed by atoms with Crippen molar-refractivity contribution in [2.24, 2.45) is 0 Å². The summed E-state index contributed by atoms with van der Waals surface area (Å²) >= 11 is 11.9. The third-order valence-electron chi connectivity index (χ3n) is 3.52. The van der Waals surface area contributed by atoms with E-state index >= 15 is 0 Å². The Morgan fingerprint density at radius 1 is 0.875 bits per heavy atom. The van der Waals surface area contributed by atoms with E-state index in [1.165, 1.54) is 5.56 Å². The highest BCUT2D eigenvalue weighted by molar-refractivity contribution is 6.42. The van der Waals surface area contributed by atoms with Crippen LogP contribution in [0.3, 0.4) is 0 Å². The summed E-state index contributed by atoms with van der Waals surface area (Å²) in [4.78, 5) is 0. The van der Waals surface area contributed by atoms with Crippen LogP contribution < -0.4 is 10.1 Å². The predicted octanol–water partition coefficient (Wildman–Crippen LogP) is 5.46. The molecule has 3 rings (SSSR count). The zero-order chi connectivity index (χ0) is 16.8. The quantitative estimate of drug-likeness (QED) is 0.606. The zero-order valence-corrected chi connectivity index (χ0v) is 14.5. The van der Waals surface area contributed by atoms with E-state index in [1.807, 2.05) is 48.5 Å². The predicted molar refractivity (Wildman–Crippen MR) is 96.5 cm³/mol. The van der Waals surface area contributed by atoms with Gasteiger partial charge in [0.1, 0.15) is 18.1 Å². The highest BCUT2D eigenvalue weighted by Crippen LogP contribution is 2.23. The summed E-state index contributed by atoms with van der Waals surface area (Å²) < 4.78 is 11.0. The molecule has 0 saturated carbocycles. The summed E-state index contributed by atoms with van der Waals surface area (Å²) in [7, 11) is 0. The van der Waals surface area contributed by atoms with Gasteiger partial charge in [-0.2, -0.15) is 0 Å². The van der Waals surface area contributed by atoms with Crippen LogP contribution in [0.4, 0.5) is 0 Å². The summed E-state index contributed by atoms with van der Waals surface area (Å²) in [5, 5.41) is 4.42. The Labute approximate surface area is 151 Å². The van der Waals surface area contributed by atoms with E-state index in [0.717, 1.165) is 23.6 Å². The van der Waals surface area contributed by atoms with Gasteiger partial charge >= 0.3 is 0 Å². The molecule has 0 aliphatic carbocycles. The molecule has 3 aromatic rings. The number of rotatable bonds is 7. The highest BCUT2D eigenvalue weighted by atomic mass is 35.5. The lowest BCUT2D eigenvalue weighted by Gasteiger charge is -2.08. The largest absolute Gasteiger partial charge is 0.489 e. The van der Waals surface area contributed by atoms with Crippen molar-refractivity contribution in [3.05, 3.63) is 87.8 Å². The average molecular weight is 362 g/mol. The fourth-order valence-corrected chi connectivity index (χ4v) is 2.56. The summed E-state index contributed by atoms with van der Waals surface area (Å²) in [6, 6.07) is 17.3. The van der Waals surface area contributed by atoms with Crippen LogP contribution in [-0.2, 0) is 19.7 Å². The second-order valence-electron chi connectivity index (χ2n) is 5.36. The first-order valence-corrected chi connectivity index (χ1v) is 8.35. The van der Waals surface area contributed by atoms with Crippen molar-refractivity contribution < 1.29 is 9.15 Å². The fourth-order valence-electron chi connectivity index (χ4n) is 2.24. The molecule has 0 bridgehead atoms. The Morgan fingerprint density at radius 2 is 1.67 bits per heavy atom. The molecule has 0 fully saturated rings. The van der Waals surface area contributed by atoms with Gasteiger partial charge in [-0.05, 0) is 47.5 Å². The summed E-state index contributed by atoms with van der Waals surface area (Å²) in [5.41, 5.74) is 2.16. The van der Waals surface area contributed by atoms with Crippen LogP contribution in [0.25, 0.3) is 0 Å². The number of hydrogen-bond donors (Lipinski definition) is 1. The van der Waals surface area contributed by atoms with Gasteiger partial charge < -0.3 is 14.5 Å². The first-order valence-electron chi connectivity index (χ1n) is 7.59. The Balaban J connectivity index is 1.48. The molecule has 1 heterocycles. The molecular weight excluding hydrogens is 345 g/mol. The minimum Gasteiger partial charge on any atom is -0.489 e. The number of nitrogens with one attached hydrogen (secondary N) is 1. The van der Waals surface area contributed by atoms with Crippen molar-refractivity contribution in [1.82, 2.24) is 5.32 Å². The van der Waals surface area contributed by atoms with Crippen LogP contribution in [0, 0.1) is 0 Å². The molecule has 3 nitrogen and oxygen atoms in total. The molecule has 1 aromatic heterocycles. The van der Waals surface area contributed by atoms with Gasteiger partial charge in [-0.3, -0.25) is 0 Å². The van der Waals surface area contributed by atoms with Gasteiger partial charge in [0.2, 0.25) is 0 Å². The smallest absolute Gasteiger partial charge is 0.119 e. The standard InChI is InChI=1S/C19H17Cl2NO2/c20-18-8-5-15(10-19(18)21)13-24-16-6-3-14(4-7-16)11-22-12-17-2-1-9-23-17/h1-10,22H,11-13H2. The molecule has 2 aromatic carbocycles. The van der Waals surface area contributed by atoms with E-state index in [9.17, 15) is 0 Å². The monoisotopic (exact) mass is 361 g/mol. The molecule has 0 aliphatic heterocycles. The van der Waals surface area contributed by atoms with Gasteiger partial charge in [0.15, 0.2) is 0 Å². The third kappa shape index (κ3) is 4.78. The molecule has 0 spiro atoms.